The van der Waals surface area contributed by atoms with Gasteiger partial charge in [0.1, 0.15) is 0 Å². The number of hydrogen-bond acceptors (Lipinski definition) is 5. The third-order valence-corrected chi connectivity index (χ3v) is 4.05. The van der Waals surface area contributed by atoms with E-state index in [4.69, 9.17) is 4.52 Å². The highest BCUT2D eigenvalue weighted by atomic mass is 16.5. The zero-order valence-corrected chi connectivity index (χ0v) is 13.9. The van der Waals surface area contributed by atoms with Crippen molar-refractivity contribution in [3.05, 3.63) is 46.2 Å². The average Bonchev–Trinajstić information content (AvgIpc) is 2.96. The van der Waals surface area contributed by atoms with Crippen LogP contribution in [-0.4, -0.2) is 51.7 Å². The van der Waals surface area contributed by atoms with Crippen LogP contribution >= 0.6 is 0 Å². The molecule has 8 heteroatoms. The van der Waals surface area contributed by atoms with E-state index in [2.05, 4.69) is 15.4 Å². The summed E-state index contributed by atoms with van der Waals surface area (Å²) in [5.41, 5.74) is 1.38. The maximum absolute atomic E-state index is 12.3. The average molecular weight is 331 g/mol. The second-order valence-electron chi connectivity index (χ2n) is 5.99. The van der Waals surface area contributed by atoms with Crippen LogP contribution in [0.4, 0.5) is 10.5 Å². The summed E-state index contributed by atoms with van der Waals surface area (Å²) in [6, 6.07) is 4.83. The number of hydrogen-bond donors (Lipinski definition) is 1. The Hall–Kier alpha value is -2.61. The summed E-state index contributed by atoms with van der Waals surface area (Å²) in [4.78, 5) is 27.7. The van der Waals surface area contributed by atoms with E-state index >= 15 is 0 Å². The van der Waals surface area contributed by atoms with Crippen LogP contribution in [0.15, 0.2) is 33.7 Å². The maximum atomic E-state index is 12.3. The summed E-state index contributed by atoms with van der Waals surface area (Å²) in [7, 11) is 1.65. The van der Waals surface area contributed by atoms with E-state index in [0.29, 0.717) is 25.3 Å². The van der Waals surface area contributed by atoms with Gasteiger partial charge in [0, 0.05) is 51.6 Å². The molecule has 0 atom stereocenters. The number of urea groups is 1. The van der Waals surface area contributed by atoms with Crippen LogP contribution in [0.5, 0.6) is 0 Å². The summed E-state index contributed by atoms with van der Waals surface area (Å²) in [6.07, 6.45) is 1.61. The van der Waals surface area contributed by atoms with Crippen LogP contribution in [0.2, 0.25) is 0 Å². The fourth-order valence-corrected chi connectivity index (χ4v) is 2.69. The van der Waals surface area contributed by atoms with Gasteiger partial charge in [0.05, 0.1) is 17.9 Å². The van der Waals surface area contributed by atoms with E-state index in [-0.39, 0.29) is 11.6 Å². The first-order valence-electron chi connectivity index (χ1n) is 7.88. The summed E-state index contributed by atoms with van der Waals surface area (Å²) in [5.74, 6) is 0.843. The normalized spacial score (nSPS) is 15.5. The SMILES string of the molecule is Cc1cc(CN2CCN(C(=O)Nc3ccc(=O)n(C)c3)CC2)on1. The van der Waals surface area contributed by atoms with Gasteiger partial charge in [-0.2, -0.15) is 0 Å². The van der Waals surface area contributed by atoms with Gasteiger partial charge in [-0.15, -0.1) is 0 Å². The lowest BCUT2D eigenvalue weighted by atomic mass is 10.3. The lowest BCUT2D eigenvalue weighted by Gasteiger charge is -2.34. The van der Waals surface area contributed by atoms with Gasteiger partial charge in [0.15, 0.2) is 5.76 Å². The standard InChI is InChI=1S/C16H21N5O3/c1-12-9-14(24-18-12)11-20-5-7-21(8-6-20)16(23)17-13-3-4-15(22)19(2)10-13/h3-4,9-10H,5-8,11H2,1-2H3,(H,17,23). The Bertz CT molecular complexity index is 774. The first kappa shape index (κ1) is 16.3. The molecule has 128 valence electrons. The summed E-state index contributed by atoms with van der Waals surface area (Å²) >= 11 is 0. The highest BCUT2D eigenvalue weighted by Gasteiger charge is 2.22. The van der Waals surface area contributed by atoms with E-state index in [0.717, 1.165) is 24.5 Å². The second kappa shape index (κ2) is 6.88. The fraction of sp³-hybridized carbons (Fsp3) is 0.438. The van der Waals surface area contributed by atoms with Gasteiger partial charge in [-0.25, -0.2) is 4.79 Å². The molecule has 3 rings (SSSR count). The van der Waals surface area contributed by atoms with Gasteiger partial charge >= 0.3 is 6.03 Å². The van der Waals surface area contributed by atoms with Crippen molar-refractivity contribution in [3.8, 4) is 0 Å². The van der Waals surface area contributed by atoms with Gasteiger partial charge in [-0.3, -0.25) is 9.69 Å². The van der Waals surface area contributed by atoms with Crippen molar-refractivity contribution < 1.29 is 9.32 Å². The van der Waals surface area contributed by atoms with Crippen LogP contribution in [0.3, 0.4) is 0 Å². The van der Waals surface area contributed by atoms with Crippen molar-refractivity contribution in [3.63, 3.8) is 0 Å². The molecule has 0 spiro atoms. The highest BCUT2D eigenvalue weighted by Crippen LogP contribution is 2.11. The molecule has 0 saturated carbocycles. The molecule has 0 bridgehead atoms. The van der Waals surface area contributed by atoms with Gasteiger partial charge in [0.25, 0.3) is 0 Å². The maximum Gasteiger partial charge on any atom is 0.321 e. The smallest absolute Gasteiger partial charge is 0.321 e. The van der Waals surface area contributed by atoms with Crippen LogP contribution < -0.4 is 10.9 Å². The lowest BCUT2D eigenvalue weighted by Crippen LogP contribution is -2.49. The minimum Gasteiger partial charge on any atom is -0.360 e. The van der Waals surface area contributed by atoms with Gasteiger partial charge in [-0.05, 0) is 13.0 Å². The minimum absolute atomic E-state index is 0.107. The number of aryl methyl sites for hydroxylation is 2. The van der Waals surface area contributed by atoms with E-state index in [1.165, 1.54) is 10.6 Å². The van der Waals surface area contributed by atoms with Crippen molar-refractivity contribution in [2.45, 2.75) is 13.5 Å². The summed E-state index contributed by atoms with van der Waals surface area (Å²) in [6.45, 7) is 5.45. The second-order valence-corrected chi connectivity index (χ2v) is 5.99. The van der Waals surface area contributed by atoms with Gasteiger partial charge in [0.2, 0.25) is 5.56 Å². The number of aromatic nitrogens is 2. The molecule has 2 amide bonds. The van der Waals surface area contributed by atoms with Crippen molar-refractivity contribution in [1.29, 1.82) is 0 Å². The third kappa shape index (κ3) is 3.83. The summed E-state index contributed by atoms with van der Waals surface area (Å²) < 4.78 is 6.67. The number of nitrogens with one attached hydrogen (secondary N) is 1. The van der Waals surface area contributed by atoms with Gasteiger partial charge in [-0.1, -0.05) is 5.16 Å². The molecule has 0 unspecified atom stereocenters. The Morgan fingerprint density at radius 1 is 1.29 bits per heavy atom. The zero-order valence-electron chi connectivity index (χ0n) is 13.9. The van der Waals surface area contributed by atoms with Crippen LogP contribution in [0.1, 0.15) is 11.5 Å². The van der Waals surface area contributed by atoms with E-state index in [9.17, 15) is 9.59 Å². The zero-order chi connectivity index (χ0) is 17.1. The highest BCUT2D eigenvalue weighted by molar-refractivity contribution is 5.89. The molecule has 1 fully saturated rings. The Morgan fingerprint density at radius 2 is 2.04 bits per heavy atom. The number of piperazine rings is 1. The van der Waals surface area contributed by atoms with Gasteiger partial charge < -0.3 is 19.3 Å². The number of amides is 2. The Balaban J connectivity index is 1.51. The first-order chi connectivity index (χ1) is 11.5. The molecule has 8 nitrogen and oxygen atoms in total. The molecule has 0 radical (unpaired) electrons. The molecule has 24 heavy (non-hydrogen) atoms. The predicted molar refractivity (Wildman–Crippen MR) is 88.8 cm³/mol. The molecular formula is C16H21N5O3. The van der Waals surface area contributed by atoms with E-state index in [1.807, 2.05) is 13.0 Å². The minimum atomic E-state index is -0.149. The monoisotopic (exact) mass is 331 g/mol. The Labute approximate surface area is 139 Å². The van der Waals surface area contributed by atoms with Crippen molar-refractivity contribution in [2.75, 3.05) is 31.5 Å². The van der Waals surface area contributed by atoms with Crippen molar-refractivity contribution in [1.82, 2.24) is 19.5 Å². The third-order valence-electron chi connectivity index (χ3n) is 4.05. The number of nitrogens with zero attached hydrogens (tertiary/aromatic N) is 4. The van der Waals surface area contributed by atoms with Crippen molar-refractivity contribution in [2.24, 2.45) is 7.05 Å². The predicted octanol–water partition coefficient (Wildman–Crippen LogP) is 1.03. The molecule has 1 N–H and O–H groups in total. The topological polar surface area (TPSA) is 83.6 Å². The lowest BCUT2D eigenvalue weighted by molar-refractivity contribution is 0.134. The van der Waals surface area contributed by atoms with Crippen LogP contribution in [-0.2, 0) is 13.6 Å². The molecule has 3 heterocycles. The number of carbonyl (C=O) groups excluding carboxylic acids is 1. The number of pyridine rings is 1. The van der Waals surface area contributed by atoms with E-state index < -0.39 is 0 Å². The number of anilines is 1. The van der Waals surface area contributed by atoms with Crippen LogP contribution in [0, 0.1) is 6.92 Å². The quantitative estimate of drug-likeness (QED) is 0.908. The van der Waals surface area contributed by atoms with E-state index in [1.54, 1.807) is 24.2 Å². The molecule has 0 aromatic carbocycles. The van der Waals surface area contributed by atoms with Crippen molar-refractivity contribution >= 4 is 11.7 Å². The fourth-order valence-electron chi connectivity index (χ4n) is 2.69. The Kier molecular flexibility index (Phi) is 4.66. The Morgan fingerprint density at radius 3 is 2.67 bits per heavy atom. The molecule has 1 aliphatic heterocycles. The molecule has 1 aliphatic rings. The van der Waals surface area contributed by atoms with Crippen LogP contribution in [0.25, 0.3) is 0 Å². The number of rotatable bonds is 3. The molecule has 1 saturated heterocycles. The molecule has 2 aromatic heterocycles. The molecule has 0 aliphatic carbocycles. The first-order valence-corrected chi connectivity index (χ1v) is 7.88. The largest absolute Gasteiger partial charge is 0.360 e. The summed E-state index contributed by atoms with van der Waals surface area (Å²) in [5, 5.41) is 6.71. The molecular weight excluding hydrogens is 310 g/mol. The molecule has 2 aromatic rings. The number of carbonyl (C=O) groups is 1.